The quantitative estimate of drug-likeness (QED) is 0.474. The topological polar surface area (TPSA) is 98.9 Å². The number of ether oxygens (including phenoxy) is 2. The number of allylic oxidation sites excluding steroid dienone is 1. The molecule has 124 valence electrons. The molecule has 0 amide bonds. The molecule has 1 heterocycles. The van der Waals surface area contributed by atoms with Crippen molar-refractivity contribution in [1.29, 1.82) is 0 Å². The van der Waals surface area contributed by atoms with Gasteiger partial charge in [-0.25, -0.2) is 4.79 Å². The van der Waals surface area contributed by atoms with E-state index in [0.717, 1.165) is 0 Å². The molecule has 1 aromatic carbocycles. The number of carbonyl (C=O) groups is 1. The van der Waals surface area contributed by atoms with Crippen LogP contribution in [0.2, 0.25) is 0 Å². The molecule has 2 unspecified atom stereocenters. The van der Waals surface area contributed by atoms with Crippen molar-refractivity contribution >= 4 is 17.3 Å². The van der Waals surface area contributed by atoms with E-state index in [2.05, 4.69) is 0 Å². The molecule has 24 heavy (non-hydrogen) atoms. The summed E-state index contributed by atoms with van der Waals surface area (Å²) in [6, 6.07) is 6.97. The van der Waals surface area contributed by atoms with Crippen molar-refractivity contribution in [2.24, 2.45) is 0 Å². The van der Waals surface area contributed by atoms with E-state index in [4.69, 9.17) is 9.47 Å². The first-order valence-corrected chi connectivity index (χ1v) is 7.42. The number of rotatable bonds is 4. The Labute approximate surface area is 137 Å². The van der Waals surface area contributed by atoms with Gasteiger partial charge in [0.2, 0.25) is 6.10 Å². The lowest BCUT2D eigenvalue weighted by Crippen LogP contribution is -2.43. The lowest BCUT2D eigenvalue weighted by Gasteiger charge is -2.27. The van der Waals surface area contributed by atoms with Crippen molar-refractivity contribution in [1.82, 2.24) is 0 Å². The van der Waals surface area contributed by atoms with Crippen molar-refractivity contribution < 1.29 is 24.3 Å². The normalized spacial score (nSPS) is 19.6. The first kappa shape index (κ1) is 15.9. The molecule has 0 aromatic heterocycles. The highest BCUT2D eigenvalue weighted by Crippen LogP contribution is 2.25. The molecule has 0 saturated heterocycles. The van der Waals surface area contributed by atoms with Gasteiger partial charge in [-0.3, -0.25) is 10.1 Å². The second kappa shape index (κ2) is 6.29. The third kappa shape index (κ3) is 2.69. The number of esters is 1. The van der Waals surface area contributed by atoms with Crippen LogP contribution in [-0.4, -0.2) is 34.8 Å². The molecule has 1 N–H and O–H groups in total. The van der Waals surface area contributed by atoms with Gasteiger partial charge in [-0.1, -0.05) is 24.3 Å². The predicted octanol–water partition coefficient (Wildman–Crippen LogP) is -0.00130. The Bertz CT molecular complexity index is 883. The summed E-state index contributed by atoms with van der Waals surface area (Å²) in [5.41, 5.74) is 0.564. The molecule has 0 bridgehead atoms. The van der Waals surface area contributed by atoms with E-state index < -0.39 is 23.1 Å². The molecule has 7 nitrogen and oxygen atoms in total. The number of aliphatic hydroxyl groups is 1. The highest BCUT2D eigenvalue weighted by atomic mass is 16.6. The maximum Gasteiger partial charge on any atom is 0.342 e. The first-order chi connectivity index (χ1) is 11.5. The van der Waals surface area contributed by atoms with E-state index in [1.54, 1.807) is 31.2 Å². The second-order valence-corrected chi connectivity index (χ2v) is 5.24. The zero-order valence-electron chi connectivity index (χ0n) is 12.8. The maximum absolute atomic E-state index is 11.9. The van der Waals surface area contributed by atoms with Gasteiger partial charge >= 0.3 is 5.97 Å². The van der Waals surface area contributed by atoms with Crippen LogP contribution >= 0.6 is 0 Å². The fourth-order valence-electron chi connectivity index (χ4n) is 2.72. The molecule has 1 aliphatic carbocycles. The van der Waals surface area contributed by atoms with Gasteiger partial charge in [0.15, 0.2) is 0 Å². The van der Waals surface area contributed by atoms with E-state index in [-0.39, 0.29) is 18.1 Å². The van der Waals surface area contributed by atoms with Crippen molar-refractivity contribution in [2.45, 2.75) is 19.1 Å². The number of hydrogen-bond donors (Lipinski definition) is 1. The summed E-state index contributed by atoms with van der Waals surface area (Å²) in [6.45, 7) is 1.78. The van der Waals surface area contributed by atoms with Gasteiger partial charge in [-0.15, -0.1) is 0 Å². The molecule has 2 aliphatic rings. The van der Waals surface area contributed by atoms with Crippen LogP contribution < -0.4 is 10.4 Å². The van der Waals surface area contributed by atoms with Crippen LogP contribution in [0.25, 0.3) is 11.3 Å². The lowest BCUT2D eigenvalue weighted by atomic mass is 9.96. The zero-order valence-corrected chi connectivity index (χ0v) is 12.8. The molecule has 2 atom stereocenters. The molecule has 3 rings (SSSR count). The van der Waals surface area contributed by atoms with Gasteiger partial charge in [0.05, 0.1) is 11.5 Å². The van der Waals surface area contributed by atoms with Gasteiger partial charge in [0.1, 0.15) is 11.9 Å². The molecule has 0 saturated carbocycles. The Morgan fingerprint density at radius 1 is 1.42 bits per heavy atom. The van der Waals surface area contributed by atoms with E-state index in [9.17, 15) is 20.0 Å². The molecule has 7 heteroatoms. The van der Waals surface area contributed by atoms with Crippen molar-refractivity contribution in [3.8, 4) is 0 Å². The largest absolute Gasteiger partial charge is 0.482 e. The summed E-state index contributed by atoms with van der Waals surface area (Å²) in [6.07, 6.45) is 2.15. The highest BCUT2D eigenvalue weighted by Gasteiger charge is 2.32. The van der Waals surface area contributed by atoms with Gasteiger partial charge in [0, 0.05) is 22.9 Å². The fourth-order valence-corrected chi connectivity index (χ4v) is 2.72. The number of fused-ring (bicyclic) bond motifs is 2. The Kier molecular flexibility index (Phi) is 4.18. The van der Waals surface area contributed by atoms with Gasteiger partial charge in [-0.05, 0) is 18.2 Å². The molecule has 0 fully saturated rings. The summed E-state index contributed by atoms with van der Waals surface area (Å²) in [4.78, 5) is 22.4. The van der Waals surface area contributed by atoms with E-state index in [1.165, 1.54) is 18.2 Å². The molecule has 1 aliphatic heterocycles. The summed E-state index contributed by atoms with van der Waals surface area (Å²) in [7, 11) is 0. The van der Waals surface area contributed by atoms with Crippen LogP contribution in [0.1, 0.15) is 6.92 Å². The fraction of sp³-hybridized carbons (Fsp3) is 0.235. The van der Waals surface area contributed by atoms with Crippen LogP contribution in [0, 0.1) is 10.1 Å². The standard InChI is InChI=1S/C17H15NO6/c1-2-23-17(20)15(19)16-12-6-4-3-5-11(12)13-9-10(18(21)22)7-8-14(13)24-16/h3-9,14-15,19H,2H2,1H3. The van der Waals surface area contributed by atoms with Crippen molar-refractivity contribution in [2.75, 3.05) is 6.61 Å². The third-order valence-corrected chi connectivity index (χ3v) is 3.78. The summed E-state index contributed by atoms with van der Waals surface area (Å²) in [5, 5.41) is 22.4. The van der Waals surface area contributed by atoms with E-state index in [0.29, 0.717) is 16.0 Å². The van der Waals surface area contributed by atoms with Crippen molar-refractivity contribution in [3.63, 3.8) is 0 Å². The zero-order chi connectivity index (χ0) is 17.3. The Morgan fingerprint density at radius 2 is 2.12 bits per heavy atom. The Balaban J connectivity index is 2.22. The highest BCUT2D eigenvalue weighted by molar-refractivity contribution is 5.85. The number of hydrogen-bond acceptors (Lipinski definition) is 6. The number of benzene rings is 1. The summed E-state index contributed by atoms with van der Waals surface area (Å²) < 4.78 is 10.6. The van der Waals surface area contributed by atoms with Gasteiger partial charge < -0.3 is 14.6 Å². The van der Waals surface area contributed by atoms with Gasteiger partial charge in [0.25, 0.3) is 5.70 Å². The monoisotopic (exact) mass is 329 g/mol. The lowest BCUT2D eigenvalue weighted by molar-refractivity contribution is -0.419. The van der Waals surface area contributed by atoms with E-state index >= 15 is 0 Å². The first-order valence-electron chi connectivity index (χ1n) is 7.42. The molecule has 1 aromatic rings. The minimum Gasteiger partial charge on any atom is -0.482 e. The van der Waals surface area contributed by atoms with E-state index in [1.807, 2.05) is 0 Å². The molecule has 0 spiro atoms. The summed E-state index contributed by atoms with van der Waals surface area (Å²) in [5.74, 6) is -0.715. The predicted molar refractivity (Wildman–Crippen MR) is 84.2 cm³/mol. The maximum atomic E-state index is 11.9. The average molecular weight is 329 g/mol. The minimum absolute atomic E-state index is 0.0472. The van der Waals surface area contributed by atoms with Crippen molar-refractivity contribution in [3.05, 3.63) is 68.7 Å². The van der Waals surface area contributed by atoms with Crippen LogP contribution in [0.15, 0.2) is 48.2 Å². The minimum atomic E-state index is -1.55. The Hall–Kier alpha value is -2.93. The summed E-state index contributed by atoms with van der Waals surface area (Å²) >= 11 is 0. The van der Waals surface area contributed by atoms with Crippen LogP contribution in [-0.2, 0) is 14.3 Å². The molecular weight excluding hydrogens is 314 g/mol. The van der Waals surface area contributed by atoms with Crippen LogP contribution in [0.4, 0.5) is 0 Å². The Morgan fingerprint density at radius 3 is 2.79 bits per heavy atom. The van der Waals surface area contributed by atoms with Gasteiger partial charge in [-0.2, -0.15) is 0 Å². The number of aliphatic hydroxyl groups excluding tert-OH is 1. The average Bonchev–Trinajstić information content (AvgIpc) is 2.60. The number of nitro groups is 1. The number of carbonyl (C=O) groups excluding carboxylic acids is 1. The number of nitrogens with zero attached hydrogens (tertiary/aromatic N) is 1. The SMILES string of the molecule is CCOC(=O)C(O)C1=c2ccccc2=C2C=C([N+](=O)[O-])C=CC2O1. The third-order valence-electron chi connectivity index (χ3n) is 3.78. The van der Waals surface area contributed by atoms with Crippen LogP contribution in [0.5, 0.6) is 0 Å². The smallest absolute Gasteiger partial charge is 0.342 e. The molecular formula is C17H15NO6. The van der Waals surface area contributed by atoms with Crippen LogP contribution in [0.3, 0.4) is 0 Å². The molecule has 0 radical (unpaired) electrons. The second-order valence-electron chi connectivity index (χ2n) is 5.24.